The number of rotatable bonds is 6. The van der Waals surface area contributed by atoms with E-state index >= 15 is 0 Å². The second-order valence-corrected chi connectivity index (χ2v) is 9.80. The Morgan fingerprint density at radius 3 is 1.52 bits per heavy atom. The van der Waals surface area contributed by atoms with Crippen LogP contribution in [0.1, 0.15) is 79.1 Å². The first-order chi connectivity index (χ1) is 11.7. The van der Waals surface area contributed by atoms with Gasteiger partial charge in [-0.1, -0.05) is 27.7 Å². The molecular formula is C20H34O3S2. The van der Waals surface area contributed by atoms with Crippen molar-refractivity contribution in [2.75, 3.05) is 13.2 Å². The van der Waals surface area contributed by atoms with Crippen LogP contribution < -0.4 is 0 Å². The molecule has 144 valence electrons. The molecule has 0 saturated carbocycles. The molecule has 3 nitrogen and oxygen atoms in total. The van der Waals surface area contributed by atoms with Gasteiger partial charge in [0.15, 0.2) is 10.1 Å². The number of hydrogen-bond acceptors (Lipinski definition) is 5. The van der Waals surface area contributed by atoms with Crippen molar-refractivity contribution in [2.24, 2.45) is 10.8 Å². The van der Waals surface area contributed by atoms with Crippen molar-refractivity contribution in [2.45, 2.75) is 91.3 Å². The average molecular weight is 387 g/mol. The molecular weight excluding hydrogens is 352 g/mol. The predicted molar refractivity (Wildman–Crippen MR) is 110 cm³/mol. The summed E-state index contributed by atoms with van der Waals surface area (Å²) in [5.74, 6) is 0. The lowest BCUT2D eigenvalue weighted by Gasteiger charge is -2.38. The molecule has 0 radical (unpaired) electrons. The smallest absolute Gasteiger partial charge is 0.168 e. The van der Waals surface area contributed by atoms with Gasteiger partial charge in [-0.3, -0.25) is 0 Å². The van der Waals surface area contributed by atoms with Crippen LogP contribution in [0.15, 0.2) is 0 Å². The van der Waals surface area contributed by atoms with E-state index in [1.807, 2.05) is 0 Å². The Balaban J connectivity index is 1.81. The fourth-order valence-electron chi connectivity index (χ4n) is 3.88. The topological polar surface area (TPSA) is 27.7 Å². The molecule has 2 aliphatic rings. The van der Waals surface area contributed by atoms with E-state index in [1.54, 1.807) is 0 Å². The van der Waals surface area contributed by atoms with Crippen molar-refractivity contribution in [1.29, 1.82) is 0 Å². The molecule has 0 aromatic heterocycles. The average Bonchev–Trinajstić information content (AvgIpc) is 2.55. The molecule has 25 heavy (non-hydrogen) atoms. The van der Waals surface area contributed by atoms with Crippen LogP contribution in [-0.4, -0.2) is 35.5 Å². The zero-order valence-corrected chi connectivity index (χ0v) is 17.9. The van der Waals surface area contributed by atoms with Gasteiger partial charge < -0.3 is 14.2 Å². The third-order valence-corrected chi connectivity index (χ3v) is 5.99. The Kier molecular flexibility index (Phi) is 7.81. The third-order valence-electron chi connectivity index (χ3n) is 5.53. The van der Waals surface area contributed by atoms with Gasteiger partial charge in [-0.25, -0.2) is 0 Å². The van der Waals surface area contributed by atoms with Gasteiger partial charge in [-0.2, -0.15) is 0 Å². The van der Waals surface area contributed by atoms with Crippen molar-refractivity contribution >= 4 is 34.5 Å². The maximum Gasteiger partial charge on any atom is 0.168 e. The maximum atomic E-state index is 5.94. The summed E-state index contributed by atoms with van der Waals surface area (Å²) in [5, 5.41) is 1.18. The van der Waals surface area contributed by atoms with Crippen LogP contribution in [0.5, 0.6) is 0 Å². The van der Waals surface area contributed by atoms with E-state index < -0.39 is 0 Å². The van der Waals surface area contributed by atoms with Gasteiger partial charge >= 0.3 is 0 Å². The Hall–Kier alpha value is -0.100. The maximum absolute atomic E-state index is 5.94. The van der Waals surface area contributed by atoms with Crippen LogP contribution >= 0.6 is 24.4 Å². The molecule has 2 unspecified atom stereocenters. The Morgan fingerprint density at radius 1 is 0.800 bits per heavy atom. The largest absolute Gasteiger partial charge is 0.443 e. The minimum absolute atomic E-state index is 0.0187. The van der Waals surface area contributed by atoms with E-state index in [-0.39, 0.29) is 23.0 Å². The summed E-state index contributed by atoms with van der Waals surface area (Å²) >= 11 is 11.0. The molecule has 0 spiro atoms. The van der Waals surface area contributed by atoms with Gasteiger partial charge in [0.25, 0.3) is 0 Å². The Morgan fingerprint density at radius 2 is 1.20 bits per heavy atom. The van der Waals surface area contributed by atoms with Gasteiger partial charge in [0.05, 0.1) is 12.2 Å². The van der Waals surface area contributed by atoms with Crippen LogP contribution in [0.25, 0.3) is 0 Å². The minimum atomic E-state index is -0.0187. The van der Waals surface area contributed by atoms with Crippen LogP contribution in [0, 0.1) is 10.8 Å². The van der Waals surface area contributed by atoms with E-state index in [1.165, 1.54) is 12.8 Å². The normalized spacial score (nSPS) is 25.4. The fraction of sp³-hybridized carbons (Fsp3) is 0.900. The quantitative estimate of drug-likeness (QED) is 0.552. The molecule has 2 atom stereocenters. The Labute approximate surface area is 164 Å². The highest BCUT2D eigenvalue weighted by molar-refractivity contribution is 7.81. The molecule has 0 aromatic carbocycles. The molecule has 2 aliphatic heterocycles. The molecule has 0 aromatic rings. The van der Waals surface area contributed by atoms with Crippen LogP contribution in [0.3, 0.4) is 0 Å². The summed E-state index contributed by atoms with van der Waals surface area (Å²) < 4.78 is 17.7. The summed E-state index contributed by atoms with van der Waals surface area (Å²) in [5.41, 5.74) is -0.0375. The van der Waals surface area contributed by atoms with Gasteiger partial charge in [0.1, 0.15) is 0 Å². The summed E-state index contributed by atoms with van der Waals surface area (Å²) in [6.07, 6.45) is 8.91. The Bertz CT molecular complexity index is 420. The molecule has 0 amide bonds. The van der Waals surface area contributed by atoms with Gasteiger partial charge in [-0.15, -0.1) is 0 Å². The summed E-state index contributed by atoms with van der Waals surface area (Å²) in [6, 6.07) is 0. The monoisotopic (exact) mass is 386 g/mol. The van der Waals surface area contributed by atoms with E-state index in [0.29, 0.717) is 22.9 Å². The molecule has 2 saturated heterocycles. The molecule has 2 fully saturated rings. The molecule has 0 N–H and O–H groups in total. The van der Waals surface area contributed by atoms with E-state index in [9.17, 15) is 0 Å². The van der Waals surface area contributed by atoms with E-state index in [4.69, 9.17) is 38.6 Å². The van der Waals surface area contributed by atoms with Crippen LogP contribution in [0.4, 0.5) is 0 Å². The number of ether oxygens (including phenoxy) is 3. The SMILES string of the molecule is CC(C)(CC(=S)OC(=S)CC(C)(C)C1CCCCO1)C1CCCCO1. The van der Waals surface area contributed by atoms with E-state index in [2.05, 4.69) is 27.7 Å². The summed E-state index contributed by atoms with van der Waals surface area (Å²) in [7, 11) is 0. The van der Waals surface area contributed by atoms with Gasteiger partial charge in [-0.05, 0) is 73.8 Å². The summed E-state index contributed by atoms with van der Waals surface area (Å²) in [4.78, 5) is 0. The summed E-state index contributed by atoms with van der Waals surface area (Å²) in [6.45, 7) is 10.6. The third kappa shape index (κ3) is 6.53. The molecule has 0 bridgehead atoms. The van der Waals surface area contributed by atoms with Gasteiger partial charge in [0.2, 0.25) is 0 Å². The molecule has 2 heterocycles. The van der Waals surface area contributed by atoms with Crippen molar-refractivity contribution in [1.82, 2.24) is 0 Å². The lowest BCUT2D eigenvalue weighted by Crippen LogP contribution is -2.38. The van der Waals surface area contributed by atoms with Crippen molar-refractivity contribution in [3.63, 3.8) is 0 Å². The van der Waals surface area contributed by atoms with Gasteiger partial charge in [0, 0.05) is 26.1 Å². The van der Waals surface area contributed by atoms with Crippen LogP contribution in [0.2, 0.25) is 0 Å². The first kappa shape index (κ1) is 21.2. The zero-order chi connectivity index (χ0) is 18.5. The molecule has 2 rings (SSSR count). The number of thiocarbonyl (C=S) groups is 2. The highest BCUT2D eigenvalue weighted by Crippen LogP contribution is 2.36. The molecule has 5 heteroatoms. The van der Waals surface area contributed by atoms with Crippen molar-refractivity contribution < 1.29 is 14.2 Å². The highest BCUT2D eigenvalue weighted by Gasteiger charge is 2.35. The van der Waals surface area contributed by atoms with Crippen LogP contribution in [-0.2, 0) is 14.2 Å². The first-order valence-corrected chi connectivity index (χ1v) is 10.5. The second kappa shape index (κ2) is 9.20. The predicted octanol–water partition coefficient (Wildman–Crippen LogP) is 5.63. The lowest BCUT2D eigenvalue weighted by atomic mass is 9.79. The zero-order valence-electron chi connectivity index (χ0n) is 16.3. The lowest BCUT2D eigenvalue weighted by molar-refractivity contribution is -0.0538. The van der Waals surface area contributed by atoms with Crippen molar-refractivity contribution in [3.05, 3.63) is 0 Å². The number of hydrogen-bond donors (Lipinski definition) is 0. The van der Waals surface area contributed by atoms with E-state index in [0.717, 1.165) is 38.9 Å². The highest BCUT2D eigenvalue weighted by atomic mass is 32.1. The first-order valence-electron chi connectivity index (χ1n) is 9.67. The second-order valence-electron chi connectivity index (χ2n) is 8.89. The van der Waals surface area contributed by atoms with Crippen molar-refractivity contribution in [3.8, 4) is 0 Å². The minimum Gasteiger partial charge on any atom is -0.443 e. The standard InChI is InChI=1S/C20H34O3S2/c1-19(2,15-9-5-7-11-21-15)13-17(24)23-18(25)14-20(3,4)16-10-6-8-12-22-16/h15-16H,5-14H2,1-4H3. The fourth-order valence-corrected chi connectivity index (χ4v) is 4.88. The molecule has 0 aliphatic carbocycles.